The van der Waals surface area contributed by atoms with Crippen molar-refractivity contribution in [2.75, 3.05) is 0 Å². The molecule has 1 N–H and O–H groups in total. The molecular weight excluding hydrogens is 312 g/mol. The van der Waals surface area contributed by atoms with Gasteiger partial charge in [0.05, 0.1) is 5.02 Å². The highest BCUT2D eigenvalue weighted by Gasteiger charge is 2.19. The maximum absolute atomic E-state index is 10.3. The molecule has 0 unspecified atom stereocenters. The predicted octanol–water partition coefficient (Wildman–Crippen LogP) is 6.69. The molecule has 2 rings (SSSR count). The summed E-state index contributed by atoms with van der Waals surface area (Å²) in [4.78, 5) is 0. The molecule has 0 saturated heterocycles. The van der Waals surface area contributed by atoms with Crippen LogP contribution in [0.4, 0.5) is 0 Å². The number of phenolic OH excluding ortho intramolecular Hbond substituents is 1. The zero-order valence-electron chi connectivity index (χ0n) is 14.1. The summed E-state index contributed by atoms with van der Waals surface area (Å²) in [5.74, 6) is 1.13. The summed E-state index contributed by atoms with van der Waals surface area (Å²) >= 11 is 8.23. The summed E-state index contributed by atoms with van der Waals surface area (Å²) in [7, 11) is 0. The summed E-state index contributed by atoms with van der Waals surface area (Å²) in [6.07, 6.45) is 9.51. The van der Waals surface area contributed by atoms with E-state index in [0.29, 0.717) is 5.02 Å². The third kappa shape index (κ3) is 5.09. The molecule has 0 heterocycles. The fourth-order valence-electron chi connectivity index (χ4n) is 2.99. The number of hydrogen-bond donors (Lipinski definition) is 1. The van der Waals surface area contributed by atoms with E-state index in [2.05, 4.69) is 26.8 Å². The maximum Gasteiger partial charge on any atom is 0.138 e. The van der Waals surface area contributed by atoms with E-state index >= 15 is 0 Å². The Labute approximate surface area is 144 Å². The molecule has 3 heteroatoms. The summed E-state index contributed by atoms with van der Waals surface area (Å²) < 4.78 is 0. The Bertz CT molecular complexity index is 485. The van der Waals surface area contributed by atoms with Gasteiger partial charge in [0.2, 0.25) is 0 Å². The van der Waals surface area contributed by atoms with Crippen molar-refractivity contribution < 1.29 is 5.11 Å². The van der Waals surface area contributed by atoms with Gasteiger partial charge in [-0.25, -0.2) is 0 Å². The second-order valence-electron chi connectivity index (χ2n) is 7.49. The van der Waals surface area contributed by atoms with Gasteiger partial charge in [-0.3, -0.25) is 0 Å². The van der Waals surface area contributed by atoms with Gasteiger partial charge in [-0.2, -0.15) is 11.8 Å². The van der Waals surface area contributed by atoms with E-state index in [4.69, 9.17) is 11.6 Å². The molecule has 1 aromatic carbocycles. The third-order valence-electron chi connectivity index (χ3n) is 4.54. The first kappa shape index (κ1) is 18.0. The van der Waals surface area contributed by atoms with Crippen molar-refractivity contribution >= 4 is 23.4 Å². The topological polar surface area (TPSA) is 20.2 Å². The minimum absolute atomic E-state index is 0.0526. The third-order valence-corrected chi connectivity index (χ3v) is 6.24. The number of halogens is 1. The molecule has 0 aromatic heterocycles. The van der Waals surface area contributed by atoms with Crippen LogP contribution < -0.4 is 0 Å². The molecule has 0 bridgehead atoms. The Balaban J connectivity index is 2.06. The lowest BCUT2D eigenvalue weighted by Gasteiger charge is -2.22. The van der Waals surface area contributed by atoms with Crippen LogP contribution in [0.25, 0.3) is 0 Å². The molecular formula is C19H29ClOS. The lowest BCUT2D eigenvalue weighted by molar-refractivity contribution is 0.469. The smallest absolute Gasteiger partial charge is 0.138 e. The van der Waals surface area contributed by atoms with Gasteiger partial charge < -0.3 is 5.11 Å². The fraction of sp³-hybridized carbons (Fsp3) is 0.684. The zero-order chi connectivity index (χ0) is 16.2. The first-order chi connectivity index (χ1) is 10.4. The van der Waals surface area contributed by atoms with Crippen LogP contribution >= 0.6 is 23.4 Å². The van der Waals surface area contributed by atoms with Crippen molar-refractivity contribution in [3.05, 3.63) is 28.3 Å². The van der Waals surface area contributed by atoms with Crippen LogP contribution in [0.1, 0.15) is 76.8 Å². The molecule has 1 saturated carbocycles. The molecule has 1 aliphatic rings. The van der Waals surface area contributed by atoms with Crippen molar-refractivity contribution in [3.63, 3.8) is 0 Å². The van der Waals surface area contributed by atoms with Crippen LogP contribution in [0, 0.1) is 0 Å². The van der Waals surface area contributed by atoms with Gasteiger partial charge in [0.25, 0.3) is 0 Å². The monoisotopic (exact) mass is 340 g/mol. The van der Waals surface area contributed by atoms with Crippen LogP contribution in [0.2, 0.25) is 5.02 Å². The first-order valence-electron chi connectivity index (χ1n) is 8.51. The number of aromatic hydroxyl groups is 1. The Kier molecular flexibility index (Phi) is 6.52. The molecule has 0 aliphatic heterocycles. The first-order valence-corrected chi connectivity index (χ1v) is 9.94. The van der Waals surface area contributed by atoms with Crippen LogP contribution in [-0.2, 0) is 11.2 Å². The molecule has 1 nitrogen and oxygen atoms in total. The highest BCUT2D eigenvalue weighted by Crippen LogP contribution is 2.37. The number of benzene rings is 1. The van der Waals surface area contributed by atoms with E-state index in [0.717, 1.165) is 16.6 Å². The second-order valence-corrected chi connectivity index (χ2v) is 9.19. The summed E-state index contributed by atoms with van der Waals surface area (Å²) in [5, 5.41) is 11.5. The number of rotatable bonds is 3. The zero-order valence-corrected chi connectivity index (χ0v) is 15.7. The molecule has 124 valence electrons. The summed E-state index contributed by atoms with van der Waals surface area (Å²) in [5.41, 5.74) is 2.24. The average Bonchev–Trinajstić information content (AvgIpc) is 2.40. The molecule has 22 heavy (non-hydrogen) atoms. The van der Waals surface area contributed by atoms with E-state index in [1.54, 1.807) is 0 Å². The lowest BCUT2D eigenvalue weighted by atomic mass is 9.86. The molecule has 0 spiro atoms. The van der Waals surface area contributed by atoms with Crippen LogP contribution in [0.3, 0.4) is 0 Å². The maximum atomic E-state index is 10.3. The normalized spacial score (nSPS) is 18.0. The Hall–Kier alpha value is -0.340. The minimum Gasteiger partial charge on any atom is -0.506 e. The van der Waals surface area contributed by atoms with Gasteiger partial charge in [-0.05, 0) is 29.9 Å². The van der Waals surface area contributed by atoms with E-state index in [1.165, 1.54) is 50.5 Å². The van der Waals surface area contributed by atoms with Gasteiger partial charge in [0, 0.05) is 16.6 Å². The van der Waals surface area contributed by atoms with Gasteiger partial charge in [0.15, 0.2) is 0 Å². The quantitative estimate of drug-likeness (QED) is 0.661. The number of hydrogen-bond acceptors (Lipinski definition) is 2. The van der Waals surface area contributed by atoms with E-state index in [1.807, 2.05) is 17.8 Å². The van der Waals surface area contributed by atoms with Gasteiger partial charge in [-0.15, -0.1) is 0 Å². The minimum atomic E-state index is 0.0526. The molecule has 1 aromatic rings. The van der Waals surface area contributed by atoms with E-state index in [-0.39, 0.29) is 11.2 Å². The van der Waals surface area contributed by atoms with E-state index < -0.39 is 0 Å². The molecule has 0 radical (unpaired) electrons. The average molecular weight is 341 g/mol. The Morgan fingerprint density at radius 3 is 2.27 bits per heavy atom. The molecule has 1 fully saturated rings. The summed E-state index contributed by atoms with van der Waals surface area (Å²) in [6, 6.07) is 4.04. The second kappa shape index (κ2) is 7.97. The van der Waals surface area contributed by atoms with Crippen molar-refractivity contribution in [3.8, 4) is 5.75 Å². The lowest BCUT2D eigenvalue weighted by Crippen LogP contribution is -2.12. The highest BCUT2D eigenvalue weighted by atomic mass is 35.5. The van der Waals surface area contributed by atoms with Gasteiger partial charge in [-0.1, -0.05) is 70.5 Å². The Morgan fingerprint density at radius 1 is 1.09 bits per heavy atom. The largest absolute Gasteiger partial charge is 0.506 e. The van der Waals surface area contributed by atoms with Crippen LogP contribution in [0.15, 0.2) is 12.1 Å². The SMILES string of the molecule is CC(C)(C)c1cc(Cl)c(O)c(CSC2CCCCCCC2)c1. The van der Waals surface area contributed by atoms with Crippen molar-refractivity contribution in [1.29, 1.82) is 0 Å². The van der Waals surface area contributed by atoms with Crippen molar-refractivity contribution in [2.45, 2.75) is 82.1 Å². The molecule has 0 atom stereocenters. The van der Waals surface area contributed by atoms with Crippen molar-refractivity contribution in [1.82, 2.24) is 0 Å². The highest BCUT2D eigenvalue weighted by molar-refractivity contribution is 7.99. The Morgan fingerprint density at radius 2 is 1.68 bits per heavy atom. The number of thioether (sulfide) groups is 1. The predicted molar refractivity (Wildman–Crippen MR) is 99.2 cm³/mol. The van der Waals surface area contributed by atoms with Crippen molar-refractivity contribution in [2.24, 2.45) is 0 Å². The molecule has 1 aliphatic carbocycles. The fourth-order valence-corrected chi connectivity index (χ4v) is 4.53. The van der Waals surface area contributed by atoms with Crippen LogP contribution in [0.5, 0.6) is 5.75 Å². The standard InChI is InChI=1S/C19H29ClOS/c1-19(2,3)15-11-14(18(21)17(20)12-15)13-22-16-9-7-5-4-6-8-10-16/h11-12,16,21H,4-10,13H2,1-3H3. The van der Waals surface area contributed by atoms with Gasteiger partial charge >= 0.3 is 0 Å². The van der Waals surface area contributed by atoms with E-state index in [9.17, 15) is 5.11 Å². The number of phenols is 1. The summed E-state index contributed by atoms with van der Waals surface area (Å²) in [6.45, 7) is 6.55. The van der Waals surface area contributed by atoms with Gasteiger partial charge in [0.1, 0.15) is 5.75 Å². The molecule has 0 amide bonds. The van der Waals surface area contributed by atoms with Crippen LogP contribution in [-0.4, -0.2) is 10.4 Å².